The highest BCUT2D eigenvalue weighted by Crippen LogP contribution is 2.30. The summed E-state index contributed by atoms with van der Waals surface area (Å²) in [6, 6.07) is 12.3. The molecule has 228 valence electrons. The third-order valence-electron chi connectivity index (χ3n) is 8.34. The number of carbonyl (C=O) groups excluding carboxylic acids is 1. The van der Waals surface area contributed by atoms with Crippen LogP contribution in [0.2, 0.25) is 0 Å². The molecule has 3 aromatic heterocycles. The second-order valence-corrected chi connectivity index (χ2v) is 11.6. The van der Waals surface area contributed by atoms with Gasteiger partial charge in [-0.1, -0.05) is 24.3 Å². The lowest BCUT2D eigenvalue weighted by Crippen LogP contribution is -2.45. The minimum atomic E-state index is -0.613. The normalized spacial score (nSPS) is 18.2. The monoisotopic (exact) mass is 599 g/mol. The molecule has 1 atom stereocenters. The molecular formula is C32H35F2N9O. The molecule has 1 unspecified atom stereocenters. The average Bonchev–Trinajstić information content (AvgIpc) is 3.33. The van der Waals surface area contributed by atoms with Crippen molar-refractivity contribution in [1.29, 1.82) is 5.26 Å². The summed E-state index contributed by atoms with van der Waals surface area (Å²) in [5.41, 5.74) is 2.75. The number of carbonyl (C=O) groups is 1. The molecule has 2 aliphatic rings. The minimum absolute atomic E-state index is 0.00583. The molecule has 44 heavy (non-hydrogen) atoms. The average molecular weight is 600 g/mol. The highest BCUT2D eigenvalue weighted by atomic mass is 19.1. The molecular weight excluding hydrogens is 564 g/mol. The molecule has 2 saturated heterocycles. The molecule has 1 aromatic carbocycles. The van der Waals surface area contributed by atoms with E-state index < -0.39 is 11.6 Å². The van der Waals surface area contributed by atoms with Gasteiger partial charge in [-0.3, -0.25) is 14.1 Å². The standard InChI is InChI=1S/C32H35F2N9O/c1-40-13-3-14-41(17-16-40)19-22-5-7-23(8-6-22)30-29(34)32(37-25-4-2-15-42(21-25)28(44)11-12-35)39-31(38-30)26-18-36-27-10-9-24(33)20-43(26)27/h5-10,18,20,25H,2-4,11,13-17,19,21H2,1H3,(H,37,38,39). The smallest absolute Gasteiger partial charge is 0.236 e. The lowest BCUT2D eigenvalue weighted by molar-refractivity contribution is -0.131. The molecule has 4 aromatic rings. The highest BCUT2D eigenvalue weighted by molar-refractivity contribution is 5.78. The van der Waals surface area contributed by atoms with Crippen LogP contribution in [-0.2, 0) is 11.3 Å². The van der Waals surface area contributed by atoms with Crippen molar-refractivity contribution < 1.29 is 13.6 Å². The van der Waals surface area contributed by atoms with Gasteiger partial charge in [-0.05, 0) is 57.1 Å². The molecule has 2 fully saturated rings. The van der Waals surface area contributed by atoms with Crippen molar-refractivity contribution in [1.82, 2.24) is 34.1 Å². The Labute approximate surface area is 254 Å². The van der Waals surface area contributed by atoms with Crippen LogP contribution < -0.4 is 5.32 Å². The fraction of sp³-hybridized carbons (Fsp3) is 0.406. The van der Waals surface area contributed by atoms with Crippen LogP contribution in [0.4, 0.5) is 14.6 Å². The van der Waals surface area contributed by atoms with E-state index >= 15 is 4.39 Å². The number of piperidine rings is 1. The Balaban J connectivity index is 1.33. The van der Waals surface area contributed by atoms with E-state index in [0.717, 1.165) is 44.7 Å². The second kappa shape index (κ2) is 13.0. The van der Waals surface area contributed by atoms with Gasteiger partial charge >= 0.3 is 0 Å². The first-order valence-electron chi connectivity index (χ1n) is 15.0. The Bertz CT molecular complexity index is 1680. The van der Waals surface area contributed by atoms with Crippen LogP contribution >= 0.6 is 0 Å². The maximum absolute atomic E-state index is 16.2. The number of benzene rings is 1. The summed E-state index contributed by atoms with van der Waals surface area (Å²) in [6.07, 6.45) is 5.18. The molecule has 0 bridgehead atoms. The van der Waals surface area contributed by atoms with Crippen molar-refractivity contribution in [3.8, 4) is 28.8 Å². The molecule has 10 nitrogen and oxygen atoms in total. The summed E-state index contributed by atoms with van der Waals surface area (Å²) in [5, 5.41) is 12.2. The number of fused-ring (bicyclic) bond motifs is 1. The SMILES string of the molecule is CN1CCCN(Cc2ccc(-c3nc(-c4cnc5ccc(F)cn45)nc(NC4CCCN(C(=O)CC#N)C4)c3F)cc2)CC1. The number of amides is 1. The lowest BCUT2D eigenvalue weighted by Gasteiger charge is -2.33. The van der Waals surface area contributed by atoms with E-state index in [1.54, 1.807) is 21.6 Å². The Morgan fingerprint density at radius 1 is 1.05 bits per heavy atom. The summed E-state index contributed by atoms with van der Waals surface area (Å²) in [5.74, 6) is -1.13. The predicted octanol–water partition coefficient (Wildman–Crippen LogP) is 4.19. The Morgan fingerprint density at radius 2 is 1.89 bits per heavy atom. The molecule has 5 heterocycles. The number of hydrogen-bond donors (Lipinski definition) is 1. The van der Waals surface area contributed by atoms with Crippen LogP contribution in [-0.4, -0.2) is 92.3 Å². The quantitative estimate of drug-likeness (QED) is 0.337. The number of hydrogen-bond acceptors (Lipinski definition) is 8. The maximum atomic E-state index is 16.2. The van der Waals surface area contributed by atoms with Gasteiger partial charge in [-0.2, -0.15) is 5.26 Å². The molecule has 0 radical (unpaired) electrons. The zero-order chi connectivity index (χ0) is 30.6. The number of halogens is 2. The summed E-state index contributed by atoms with van der Waals surface area (Å²) < 4.78 is 32.0. The van der Waals surface area contributed by atoms with Gasteiger partial charge in [0.05, 0.1) is 12.3 Å². The number of imidazole rings is 1. The molecule has 12 heteroatoms. The van der Waals surface area contributed by atoms with E-state index in [4.69, 9.17) is 5.26 Å². The first kappa shape index (κ1) is 29.6. The Hall–Kier alpha value is -4.47. The molecule has 2 aliphatic heterocycles. The first-order valence-corrected chi connectivity index (χ1v) is 15.0. The zero-order valence-corrected chi connectivity index (χ0v) is 24.7. The van der Waals surface area contributed by atoms with Crippen LogP contribution in [0, 0.1) is 23.0 Å². The van der Waals surface area contributed by atoms with E-state index in [2.05, 4.69) is 37.1 Å². The highest BCUT2D eigenvalue weighted by Gasteiger charge is 2.26. The van der Waals surface area contributed by atoms with Crippen molar-refractivity contribution in [2.75, 3.05) is 51.6 Å². The van der Waals surface area contributed by atoms with Gasteiger partial charge in [0.2, 0.25) is 5.91 Å². The largest absolute Gasteiger partial charge is 0.363 e. The van der Waals surface area contributed by atoms with Gasteiger partial charge in [0.25, 0.3) is 0 Å². The van der Waals surface area contributed by atoms with Gasteiger partial charge in [-0.25, -0.2) is 23.7 Å². The number of likely N-dealkylation sites (N-methyl/N-ethyl adjacent to an activating group) is 1. The number of rotatable bonds is 7. The molecule has 0 saturated carbocycles. The minimum Gasteiger partial charge on any atom is -0.363 e. The summed E-state index contributed by atoms with van der Waals surface area (Å²) in [6.45, 7) is 5.85. The molecule has 0 spiro atoms. The van der Waals surface area contributed by atoms with Crippen molar-refractivity contribution in [3.63, 3.8) is 0 Å². The first-order chi connectivity index (χ1) is 21.4. The Morgan fingerprint density at radius 3 is 2.70 bits per heavy atom. The van der Waals surface area contributed by atoms with Crippen LogP contribution in [0.25, 0.3) is 28.4 Å². The number of anilines is 1. The van der Waals surface area contributed by atoms with Crippen molar-refractivity contribution in [2.24, 2.45) is 0 Å². The number of nitrogens with one attached hydrogen (secondary N) is 1. The predicted molar refractivity (Wildman–Crippen MR) is 162 cm³/mol. The molecule has 0 aliphatic carbocycles. The Kier molecular flexibility index (Phi) is 8.77. The van der Waals surface area contributed by atoms with E-state index in [0.29, 0.717) is 42.8 Å². The van der Waals surface area contributed by atoms with E-state index in [1.807, 2.05) is 30.3 Å². The molecule has 1 amide bonds. The van der Waals surface area contributed by atoms with Gasteiger partial charge < -0.3 is 15.1 Å². The lowest BCUT2D eigenvalue weighted by atomic mass is 10.0. The van der Waals surface area contributed by atoms with E-state index in [1.165, 1.54) is 12.3 Å². The number of aromatic nitrogens is 4. The third-order valence-corrected chi connectivity index (χ3v) is 8.34. The molecule has 6 rings (SSSR count). The number of nitriles is 1. The van der Waals surface area contributed by atoms with Gasteiger partial charge in [-0.15, -0.1) is 0 Å². The fourth-order valence-electron chi connectivity index (χ4n) is 5.95. The number of pyridine rings is 1. The van der Waals surface area contributed by atoms with Gasteiger partial charge in [0.1, 0.15) is 29.3 Å². The van der Waals surface area contributed by atoms with Gasteiger partial charge in [0, 0.05) is 50.5 Å². The van der Waals surface area contributed by atoms with Crippen LogP contribution in [0.15, 0.2) is 48.8 Å². The summed E-state index contributed by atoms with van der Waals surface area (Å²) in [7, 11) is 2.15. The zero-order valence-electron chi connectivity index (χ0n) is 24.7. The van der Waals surface area contributed by atoms with Crippen molar-refractivity contribution >= 4 is 17.4 Å². The maximum Gasteiger partial charge on any atom is 0.236 e. The van der Waals surface area contributed by atoms with Crippen LogP contribution in [0.5, 0.6) is 0 Å². The van der Waals surface area contributed by atoms with E-state index in [9.17, 15) is 9.18 Å². The van der Waals surface area contributed by atoms with Crippen LogP contribution in [0.3, 0.4) is 0 Å². The van der Waals surface area contributed by atoms with Gasteiger partial charge in [0.15, 0.2) is 17.5 Å². The summed E-state index contributed by atoms with van der Waals surface area (Å²) >= 11 is 0. The second-order valence-electron chi connectivity index (χ2n) is 11.6. The van der Waals surface area contributed by atoms with Crippen molar-refractivity contribution in [2.45, 2.75) is 38.3 Å². The number of likely N-dealkylation sites (tertiary alicyclic amines) is 1. The van der Waals surface area contributed by atoms with E-state index in [-0.39, 0.29) is 35.7 Å². The number of nitrogens with zero attached hydrogens (tertiary/aromatic N) is 8. The van der Waals surface area contributed by atoms with Crippen molar-refractivity contribution in [3.05, 3.63) is 66.0 Å². The topological polar surface area (TPSA) is 106 Å². The third kappa shape index (κ3) is 6.54. The summed E-state index contributed by atoms with van der Waals surface area (Å²) in [4.78, 5) is 32.3. The fourth-order valence-corrected chi connectivity index (χ4v) is 5.95. The molecule has 1 N–H and O–H groups in total. The van der Waals surface area contributed by atoms with Crippen LogP contribution in [0.1, 0.15) is 31.2 Å².